The smallest absolute Gasteiger partial charge is 0.356 e. The van der Waals surface area contributed by atoms with Gasteiger partial charge < -0.3 is 14.8 Å². The van der Waals surface area contributed by atoms with E-state index in [1.165, 1.54) is 12.1 Å². The van der Waals surface area contributed by atoms with Crippen molar-refractivity contribution < 1.29 is 14.6 Å². The van der Waals surface area contributed by atoms with Gasteiger partial charge in [-0.15, -0.1) is 0 Å². The first kappa shape index (κ1) is 13.9. The van der Waals surface area contributed by atoms with Crippen LogP contribution in [0, 0.1) is 6.92 Å². The van der Waals surface area contributed by atoms with Crippen molar-refractivity contribution in [3.63, 3.8) is 0 Å². The molecule has 2 aromatic heterocycles. The zero-order valence-corrected chi connectivity index (χ0v) is 12.0. The number of aromatic amines is 1. The van der Waals surface area contributed by atoms with Crippen LogP contribution in [0.25, 0.3) is 16.9 Å². The van der Waals surface area contributed by atoms with Crippen LogP contribution in [0.2, 0.25) is 0 Å². The number of rotatable bonds is 3. The minimum absolute atomic E-state index is 0.184. The quantitative estimate of drug-likeness (QED) is 0.767. The Labute approximate surface area is 124 Å². The molecule has 2 N–H and O–H groups in total. The fraction of sp³-hybridized carbons (Fsp3) is 0.133. The number of nitrogens with zero attached hydrogens (tertiary/aromatic N) is 2. The highest BCUT2D eigenvalue weighted by Crippen LogP contribution is 2.24. The molecule has 0 radical (unpaired) electrons. The topological polar surface area (TPSA) is 96.7 Å². The molecular formula is C15H13N3O4. The second-order valence-corrected chi connectivity index (χ2v) is 4.84. The SMILES string of the molecule is COc1ccc(-c2cc(=O)n3nc(C(=O)O)cc3[nH]2)cc1C. The van der Waals surface area contributed by atoms with Crippen LogP contribution >= 0.6 is 0 Å². The molecule has 1 aromatic carbocycles. The number of nitrogens with one attached hydrogen (secondary N) is 1. The van der Waals surface area contributed by atoms with Crippen molar-refractivity contribution in [1.29, 1.82) is 0 Å². The highest BCUT2D eigenvalue weighted by molar-refractivity contribution is 5.86. The van der Waals surface area contributed by atoms with E-state index in [0.29, 0.717) is 11.3 Å². The summed E-state index contributed by atoms with van der Waals surface area (Å²) in [7, 11) is 1.59. The fourth-order valence-corrected chi connectivity index (χ4v) is 2.30. The number of hydrogen-bond acceptors (Lipinski definition) is 4. The number of carboxylic acids is 1. The molecule has 0 amide bonds. The van der Waals surface area contributed by atoms with Crippen molar-refractivity contribution >= 4 is 11.6 Å². The third-order valence-electron chi connectivity index (χ3n) is 3.37. The van der Waals surface area contributed by atoms with Gasteiger partial charge in [0.15, 0.2) is 5.69 Å². The van der Waals surface area contributed by atoms with Gasteiger partial charge in [-0.3, -0.25) is 4.79 Å². The molecule has 0 bridgehead atoms. The lowest BCUT2D eigenvalue weighted by Gasteiger charge is -2.07. The summed E-state index contributed by atoms with van der Waals surface area (Å²) in [5, 5.41) is 12.7. The number of aromatic nitrogens is 3. The normalized spacial score (nSPS) is 10.8. The minimum atomic E-state index is -1.18. The van der Waals surface area contributed by atoms with E-state index in [1.807, 2.05) is 25.1 Å². The molecule has 0 atom stereocenters. The summed E-state index contributed by atoms with van der Waals surface area (Å²) in [5.74, 6) is -0.428. The van der Waals surface area contributed by atoms with E-state index < -0.39 is 11.5 Å². The molecule has 3 rings (SSSR count). The zero-order chi connectivity index (χ0) is 15.9. The van der Waals surface area contributed by atoms with Crippen molar-refractivity contribution in [2.45, 2.75) is 6.92 Å². The number of methoxy groups -OCH3 is 1. The van der Waals surface area contributed by atoms with E-state index in [1.54, 1.807) is 7.11 Å². The summed E-state index contributed by atoms with van der Waals surface area (Å²) in [6, 6.07) is 8.22. The Balaban J connectivity index is 2.17. The molecule has 22 heavy (non-hydrogen) atoms. The average molecular weight is 299 g/mol. The predicted molar refractivity (Wildman–Crippen MR) is 79.5 cm³/mol. The van der Waals surface area contributed by atoms with Crippen LogP contribution in [-0.4, -0.2) is 32.8 Å². The molecule has 0 unspecified atom stereocenters. The van der Waals surface area contributed by atoms with Crippen molar-refractivity contribution in [3.8, 4) is 17.0 Å². The molecule has 0 aliphatic carbocycles. The number of H-pyrrole nitrogens is 1. The molecule has 0 fully saturated rings. The van der Waals surface area contributed by atoms with Crippen molar-refractivity contribution in [1.82, 2.24) is 14.6 Å². The first-order valence-corrected chi connectivity index (χ1v) is 6.51. The number of fused-ring (bicyclic) bond motifs is 1. The van der Waals surface area contributed by atoms with Gasteiger partial charge in [-0.05, 0) is 36.2 Å². The average Bonchev–Trinajstić information content (AvgIpc) is 2.92. The molecular weight excluding hydrogens is 286 g/mol. The Kier molecular flexibility index (Phi) is 3.17. The standard InChI is InChI=1S/C15H13N3O4/c1-8-5-9(3-4-12(8)22-2)10-7-14(19)18-13(16-10)6-11(17-18)15(20)21/h3-7,16H,1-2H3,(H,20,21). The Morgan fingerprint density at radius 1 is 1.32 bits per heavy atom. The van der Waals surface area contributed by atoms with E-state index in [0.717, 1.165) is 21.4 Å². The maximum Gasteiger partial charge on any atom is 0.356 e. The third-order valence-corrected chi connectivity index (χ3v) is 3.37. The van der Waals surface area contributed by atoms with Crippen LogP contribution in [0.4, 0.5) is 0 Å². The maximum atomic E-state index is 12.1. The number of ether oxygens (including phenoxy) is 1. The molecule has 7 nitrogen and oxygen atoms in total. The second kappa shape index (κ2) is 5.03. The molecule has 2 heterocycles. The highest BCUT2D eigenvalue weighted by atomic mass is 16.5. The maximum absolute atomic E-state index is 12.1. The zero-order valence-electron chi connectivity index (χ0n) is 12.0. The summed E-state index contributed by atoms with van der Waals surface area (Å²) in [4.78, 5) is 26.0. The monoisotopic (exact) mass is 299 g/mol. The second-order valence-electron chi connectivity index (χ2n) is 4.84. The van der Waals surface area contributed by atoms with Gasteiger partial charge in [-0.1, -0.05) is 0 Å². The van der Waals surface area contributed by atoms with Gasteiger partial charge in [0.05, 0.1) is 12.8 Å². The van der Waals surface area contributed by atoms with Crippen LogP contribution < -0.4 is 10.3 Å². The Morgan fingerprint density at radius 2 is 2.09 bits per heavy atom. The summed E-state index contributed by atoms with van der Waals surface area (Å²) >= 11 is 0. The molecule has 112 valence electrons. The molecule has 7 heteroatoms. The first-order chi connectivity index (χ1) is 10.5. The summed E-state index contributed by atoms with van der Waals surface area (Å²) in [6.45, 7) is 1.90. The number of aryl methyl sites for hydroxylation is 1. The van der Waals surface area contributed by atoms with Gasteiger partial charge >= 0.3 is 5.97 Å². The van der Waals surface area contributed by atoms with Crippen LogP contribution in [-0.2, 0) is 0 Å². The van der Waals surface area contributed by atoms with Crippen LogP contribution in [0.3, 0.4) is 0 Å². The largest absolute Gasteiger partial charge is 0.496 e. The van der Waals surface area contributed by atoms with Gasteiger partial charge in [0.1, 0.15) is 11.4 Å². The molecule has 0 aliphatic rings. The van der Waals surface area contributed by atoms with Crippen LogP contribution in [0.5, 0.6) is 5.75 Å². The molecule has 0 saturated heterocycles. The van der Waals surface area contributed by atoms with E-state index in [2.05, 4.69) is 10.1 Å². The Hall–Kier alpha value is -3.09. The first-order valence-electron chi connectivity index (χ1n) is 6.51. The number of carbonyl (C=O) groups is 1. The predicted octanol–water partition coefficient (Wildman–Crippen LogP) is 1.70. The molecule has 3 aromatic rings. The molecule has 0 aliphatic heterocycles. The lowest BCUT2D eigenvalue weighted by Crippen LogP contribution is -2.14. The number of aromatic carboxylic acids is 1. The van der Waals surface area contributed by atoms with Crippen LogP contribution in [0.1, 0.15) is 16.1 Å². The lowest BCUT2D eigenvalue weighted by atomic mass is 10.1. The van der Waals surface area contributed by atoms with Gasteiger partial charge in [-0.2, -0.15) is 9.61 Å². The number of benzene rings is 1. The van der Waals surface area contributed by atoms with E-state index in [4.69, 9.17) is 9.84 Å². The minimum Gasteiger partial charge on any atom is -0.496 e. The number of hydrogen-bond donors (Lipinski definition) is 2. The Morgan fingerprint density at radius 3 is 2.73 bits per heavy atom. The van der Waals surface area contributed by atoms with Gasteiger partial charge in [0.2, 0.25) is 0 Å². The van der Waals surface area contributed by atoms with Gasteiger partial charge in [0.25, 0.3) is 5.56 Å². The molecule has 0 saturated carbocycles. The summed E-state index contributed by atoms with van der Waals surface area (Å²) in [5.41, 5.74) is 2.06. The van der Waals surface area contributed by atoms with Crippen molar-refractivity contribution in [2.24, 2.45) is 0 Å². The third kappa shape index (κ3) is 2.22. The van der Waals surface area contributed by atoms with Gasteiger partial charge in [-0.25, -0.2) is 4.79 Å². The van der Waals surface area contributed by atoms with Gasteiger partial charge in [0, 0.05) is 12.1 Å². The van der Waals surface area contributed by atoms with E-state index in [-0.39, 0.29) is 5.69 Å². The molecule has 0 spiro atoms. The van der Waals surface area contributed by atoms with E-state index >= 15 is 0 Å². The van der Waals surface area contributed by atoms with Crippen molar-refractivity contribution in [2.75, 3.05) is 7.11 Å². The van der Waals surface area contributed by atoms with E-state index in [9.17, 15) is 9.59 Å². The highest BCUT2D eigenvalue weighted by Gasteiger charge is 2.12. The summed E-state index contributed by atoms with van der Waals surface area (Å²) < 4.78 is 6.24. The summed E-state index contributed by atoms with van der Waals surface area (Å²) in [6.07, 6.45) is 0. The Bertz CT molecular complexity index is 940. The number of carboxylic acid groups (broad SMARTS) is 1. The lowest BCUT2D eigenvalue weighted by molar-refractivity contribution is 0.0690. The van der Waals surface area contributed by atoms with Crippen molar-refractivity contribution in [3.05, 3.63) is 51.9 Å². The van der Waals surface area contributed by atoms with Crippen LogP contribution in [0.15, 0.2) is 35.1 Å². The fourth-order valence-electron chi connectivity index (χ4n) is 2.30.